The Balaban J connectivity index is 2.08. The fourth-order valence-electron chi connectivity index (χ4n) is 2.86. The Bertz CT molecular complexity index is 1210. The van der Waals surface area contributed by atoms with Gasteiger partial charge in [0.2, 0.25) is 0 Å². The molecule has 7 nitrogen and oxygen atoms in total. The van der Waals surface area contributed by atoms with E-state index in [2.05, 4.69) is 0 Å². The summed E-state index contributed by atoms with van der Waals surface area (Å²) >= 11 is 0. The molecule has 0 aliphatic rings. The summed E-state index contributed by atoms with van der Waals surface area (Å²) in [6.45, 7) is 6.72. The first-order valence-electron chi connectivity index (χ1n) is 9.58. The second-order valence-corrected chi connectivity index (χ2v) is 7.07. The van der Waals surface area contributed by atoms with E-state index in [0.29, 0.717) is 17.1 Å². The average molecular weight is 422 g/mol. The van der Waals surface area contributed by atoms with Crippen LogP contribution in [0.2, 0.25) is 0 Å². The Labute approximate surface area is 178 Å². The van der Waals surface area contributed by atoms with E-state index in [-0.39, 0.29) is 34.5 Å². The summed E-state index contributed by atoms with van der Waals surface area (Å²) < 4.78 is 21.9. The molecule has 0 saturated heterocycles. The molecule has 0 spiro atoms. The smallest absolute Gasteiger partial charge is 0.308 e. The van der Waals surface area contributed by atoms with Gasteiger partial charge in [-0.1, -0.05) is 5.57 Å². The highest BCUT2D eigenvalue weighted by Gasteiger charge is 2.15. The Morgan fingerprint density at radius 1 is 0.903 bits per heavy atom. The van der Waals surface area contributed by atoms with Gasteiger partial charge in [-0.2, -0.15) is 0 Å². The number of ether oxygens (including phenoxy) is 3. The molecule has 0 atom stereocenters. The lowest BCUT2D eigenvalue weighted by atomic mass is 10.1. The number of carbonyl (C=O) groups excluding carboxylic acids is 2. The van der Waals surface area contributed by atoms with Crippen LogP contribution in [-0.4, -0.2) is 18.5 Å². The van der Waals surface area contributed by atoms with Crippen molar-refractivity contribution in [1.82, 2.24) is 0 Å². The third-order valence-electron chi connectivity index (χ3n) is 4.16. The molecule has 0 bridgehead atoms. The molecule has 1 aromatic heterocycles. The van der Waals surface area contributed by atoms with Gasteiger partial charge in [-0.25, -0.2) is 0 Å². The second-order valence-electron chi connectivity index (χ2n) is 7.07. The number of fused-ring (bicyclic) bond motifs is 1. The predicted molar refractivity (Wildman–Crippen MR) is 115 cm³/mol. The molecule has 0 fully saturated rings. The van der Waals surface area contributed by atoms with Crippen molar-refractivity contribution in [3.63, 3.8) is 0 Å². The first-order valence-corrected chi connectivity index (χ1v) is 9.58. The van der Waals surface area contributed by atoms with E-state index >= 15 is 0 Å². The van der Waals surface area contributed by atoms with Crippen molar-refractivity contribution in [2.24, 2.45) is 0 Å². The van der Waals surface area contributed by atoms with Crippen LogP contribution in [0, 0.1) is 0 Å². The standard InChI is InChI=1S/C24H22O7/c1-14(2)9-10-28-22-11-19(30-16(4)26)12-23-24(22)20(27)13-21(31-23)17-5-7-18(8-6-17)29-15(3)25/h5-9,11-13H,10H2,1-4H3. The molecule has 0 saturated carbocycles. The molecule has 7 heteroatoms. The summed E-state index contributed by atoms with van der Waals surface area (Å²) in [5.74, 6) is 0.223. The Morgan fingerprint density at radius 3 is 2.16 bits per heavy atom. The van der Waals surface area contributed by atoms with E-state index in [0.717, 1.165) is 5.57 Å². The normalized spacial score (nSPS) is 10.5. The van der Waals surface area contributed by atoms with E-state index in [9.17, 15) is 14.4 Å². The van der Waals surface area contributed by atoms with Crippen molar-refractivity contribution in [2.75, 3.05) is 6.61 Å². The maximum absolute atomic E-state index is 12.9. The molecule has 0 radical (unpaired) electrons. The van der Waals surface area contributed by atoms with E-state index in [4.69, 9.17) is 18.6 Å². The Morgan fingerprint density at radius 2 is 1.55 bits per heavy atom. The lowest BCUT2D eigenvalue weighted by molar-refractivity contribution is -0.132. The molecular formula is C24H22O7. The Hall–Kier alpha value is -3.87. The molecule has 0 aliphatic heterocycles. The zero-order valence-electron chi connectivity index (χ0n) is 17.7. The third kappa shape index (κ3) is 5.60. The molecule has 0 aliphatic carbocycles. The summed E-state index contributed by atoms with van der Waals surface area (Å²) in [4.78, 5) is 35.4. The van der Waals surface area contributed by atoms with Crippen LogP contribution < -0.4 is 19.6 Å². The van der Waals surface area contributed by atoms with Crippen molar-refractivity contribution < 1.29 is 28.2 Å². The predicted octanol–water partition coefficient (Wildman–Crippen LogP) is 4.66. The fraction of sp³-hybridized carbons (Fsp3) is 0.208. The quantitative estimate of drug-likeness (QED) is 0.324. The highest BCUT2D eigenvalue weighted by atomic mass is 16.5. The molecule has 0 unspecified atom stereocenters. The van der Waals surface area contributed by atoms with Crippen molar-refractivity contribution in [2.45, 2.75) is 27.7 Å². The van der Waals surface area contributed by atoms with E-state index in [1.54, 1.807) is 24.3 Å². The fourth-order valence-corrected chi connectivity index (χ4v) is 2.86. The van der Waals surface area contributed by atoms with Gasteiger partial charge in [0.05, 0.1) is 0 Å². The minimum atomic E-state index is -0.505. The third-order valence-corrected chi connectivity index (χ3v) is 4.16. The van der Waals surface area contributed by atoms with Crippen LogP contribution >= 0.6 is 0 Å². The highest BCUT2D eigenvalue weighted by Crippen LogP contribution is 2.32. The molecule has 3 aromatic rings. The number of esters is 2. The molecule has 2 aromatic carbocycles. The van der Waals surface area contributed by atoms with Crippen molar-refractivity contribution in [3.8, 4) is 28.6 Å². The van der Waals surface area contributed by atoms with Crippen LogP contribution in [0.25, 0.3) is 22.3 Å². The second kappa shape index (κ2) is 9.30. The zero-order chi connectivity index (χ0) is 22.5. The first kappa shape index (κ1) is 21.8. The maximum atomic E-state index is 12.9. The van der Waals surface area contributed by atoms with Gasteiger partial charge in [0.25, 0.3) is 0 Å². The summed E-state index contributed by atoms with van der Waals surface area (Å²) in [5.41, 5.74) is 1.59. The van der Waals surface area contributed by atoms with Crippen LogP contribution in [0.15, 0.2) is 63.3 Å². The summed E-state index contributed by atoms with van der Waals surface area (Å²) in [6, 6.07) is 10.9. The van der Waals surface area contributed by atoms with E-state index in [1.165, 1.54) is 32.0 Å². The first-order chi connectivity index (χ1) is 14.7. The minimum Gasteiger partial charge on any atom is -0.488 e. The van der Waals surface area contributed by atoms with Crippen LogP contribution in [0.3, 0.4) is 0 Å². The molecule has 1 heterocycles. The number of carbonyl (C=O) groups is 2. The van der Waals surface area contributed by atoms with Crippen LogP contribution in [0.5, 0.6) is 17.2 Å². The van der Waals surface area contributed by atoms with Gasteiger partial charge in [-0.15, -0.1) is 0 Å². The van der Waals surface area contributed by atoms with Gasteiger partial charge in [0.15, 0.2) is 5.43 Å². The van der Waals surface area contributed by atoms with Gasteiger partial charge in [0, 0.05) is 37.6 Å². The van der Waals surface area contributed by atoms with Gasteiger partial charge < -0.3 is 18.6 Å². The molecule has 0 N–H and O–H groups in total. The van der Waals surface area contributed by atoms with E-state index < -0.39 is 11.9 Å². The monoisotopic (exact) mass is 422 g/mol. The van der Waals surface area contributed by atoms with Crippen LogP contribution in [0.1, 0.15) is 27.7 Å². The number of benzene rings is 2. The number of hydrogen-bond donors (Lipinski definition) is 0. The Kier molecular flexibility index (Phi) is 6.55. The number of hydrogen-bond acceptors (Lipinski definition) is 7. The lowest BCUT2D eigenvalue weighted by Crippen LogP contribution is -2.07. The molecule has 0 amide bonds. The summed E-state index contributed by atoms with van der Waals surface area (Å²) in [6.07, 6.45) is 1.87. The van der Waals surface area contributed by atoms with Crippen molar-refractivity contribution in [3.05, 3.63) is 64.3 Å². The summed E-state index contributed by atoms with van der Waals surface area (Å²) in [5, 5.41) is 0.248. The average Bonchev–Trinajstić information content (AvgIpc) is 2.66. The van der Waals surface area contributed by atoms with Gasteiger partial charge in [-0.3, -0.25) is 14.4 Å². The van der Waals surface area contributed by atoms with Gasteiger partial charge in [0.1, 0.15) is 40.6 Å². The topological polar surface area (TPSA) is 92.0 Å². The maximum Gasteiger partial charge on any atom is 0.308 e. The SMILES string of the molecule is CC(=O)Oc1ccc(-c2cc(=O)c3c(OCC=C(C)C)cc(OC(C)=O)cc3o2)cc1. The molecule has 31 heavy (non-hydrogen) atoms. The number of allylic oxidation sites excluding steroid dienone is 1. The lowest BCUT2D eigenvalue weighted by Gasteiger charge is -2.11. The van der Waals surface area contributed by atoms with E-state index in [1.807, 2.05) is 19.9 Å². The molecule has 3 rings (SSSR count). The minimum absolute atomic E-state index is 0.206. The zero-order valence-corrected chi connectivity index (χ0v) is 17.7. The van der Waals surface area contributed by atoms with Gasteiger partial charge >= 0.3 is 11.9 Å². The summed E-state index contributed by atoms with van der Waals surface area (Å²) in [7, 11) is 0. The largest absolute Gasteiger partial charge is 0.488 e. The van der Waals surface area contributed by atoms with Crippen molar-refractivity contribution in [1.29, 1.82) is 0 Å². The van der Waals surface area contributed by atoms with Gasteiger partial charge in [-0.05, 0) is 44.2 Å². The highest BCUT2D eigenvalue weighted by molar-refractivity contribution is 5.87. The van der Waals surface area contributed by atoms with Crippen LogP contribution in [0.4, 0.5) is 0 Å². The van der Waals surface area contributed by atoms with Crippen LogP contribution in [-0.2, 0) is 9.59 Å². The molecular weight excluding hydrogens is 400 g/mol. The molecule has 160 valence electrons. The van der Waals surface area contributed by atoms with Crippen molar-refractivity contribution >= 4 is 22.9 Å². The number of rotatable bonds is 6.